The first-order valence-electron chi connectivity index (χ1n) is 5.34. The maximum absolute atomic E-state index is 11.9. The fraction of sp³-hybridized carbons (Fsp3) is 0.0833. The van der Waals surface area contributed by atoms with Crippen molar-refractivity contribution in [2.75, 3.05) is 12.4 Å². The number of hydrogen-bond acceptors (Lipinski definition) is 3. The lowest BCUT2D eigenvalue weighted by molar-refractivity contribution is 0.0959. The van der Waals surface area contributed by atoms with Crippen LogP contribution in [-0.2, 0) is 0 Å². The van der Waals surface area contributed by atoms with Crippen molar-refractivity contribution in [2.45, 2.75) is 0 Å². The second-order valence-electron chi connectivity index (χ2n) is 3.53. The number of carbonyl (C=O) groups is 2. The van der Waals surface area contributed by atoms with Crippen molar-refractivity contribution in [1.29, 1.82) is 0 Å². The topological polar surface area (TPSA) is 86.9 Å². The maximum atomic E-state index is 11.9. The number of carbonyl (C=O) groups excluding carboxylic acids is 2. The molecule has 0 aliphatic heterocycles. The SMILES string of the molecule is CNC(=O)c1[nH]cnc1NC(=O)c1ccccc1. The number of H-pyrrole nitrogens is 1. The van der Waals surface area contributed by atoms with Crippen LogP contribution in [0.2, 0.25) is 0 Å². The number of benzene rings is 1. The molecule has 0 saturated heterocycles. The number of rotatable bonds is 3. The largest absolute Gasteiger partial charge is 0.354 e. The van der Waals surface area contributed by atoms with Gasteiger partial charge in [0.2, 0.25) is 0 Å². The van der Waals surface area contributed by atoms with Crippen LogP contribution in [0.1, 0.15) is 20.8 Å². The van der Waals surface area contributed by atoms with E-state index in [9.17, 15) is 9.59 Å². The van der Waals surface area contributed by atoms with Gasteiger partial charge in [0.15, 0.2) is 5.82 Å². The zero-order chi connectivity index (χ0) is 13.0. The molecular formula is C12H12N4O2. The standard InChI is InChI=1S/C12H12N4O2/c1-13-12(18)9-10(15-7-14-9)16-11(17)8-5-3-2-4-6-8/h2-7H,1H3,(H,13,18)(H,14,15)(H,16,17). The minimum absolute atomic E-state index is 0.211. The van der Waals surface area contributed by atoms with Crippen LogP contribution in [-0.4, -0.2) is 28.8 Å². The summed E-state index contributed by atoms with van der Waals surface area (Å²) < 4.78 is 0. The van der Waals surface area contributed by atoms with Crippen molar-refractivity contribution in [2.24, 2.45) is 0 Å². The number of amides is 2. The smallest absolute Gasteiger partial charge is 0.271 e. The van der Waals surface area contributed by atoms with Gasteiger partial charge < -0.3 is 15.6 Å². The van der Waals surface area contributed by atoms with Crippen molar-refractivity contribution >= 4 is 17.6 Å². The Morgan fingerprint density at radius 1 is 1.17 bits per heavy atom. The van der Waals surface area contributed by atoms with E-state index >= 15 is 0 Å². The molecule has 6 heteroatoms. The Bertz CT molecular complexity index is 562. The first kappa shape index (κ1) is 11.8. The first-order chi connectivity index (χ1) is 8.72. The number of imidazole rings is 1. The van der Waals surface area contributed by atoms with Gasteiger partial charge >= 0.3 is 0 Å². The maximum Gasteiger partial charge on any atom is 0.271 e. The highest BCUT2D eigenvalue weighted by atomic mass is 16.2. The normalized spacial score (nSPS) is 9.83. The zero-order valence-electron chi connectivity index (χ0n) is 9.73. The van der Waals surface area contributed by atoms with Crippen LogP contribution in [0.3, 0.4) is 0 Å². The fourth-order valence-electron chi connectivity index (χ4n) is 1.46. The van der Waals surface area contributed by atoms with Gasteiger partial charge in [0.1, 0.15) is 5.69 Å². The van der Waals surface area contributed by atoms with Gasteiger partial charge in [-0.2, -0.15) is 0 Å². The van der Waals surface area contributed by atoms with Crippen molar-refractivity contribution in [3.05, 3.63) is 47.9 Å². The highest BCUT2D eigenvalue weighted by Crippen LogP contribution is 2.11. The summed E-state index contributed by atoms with van der Waals surface area (Å²) in [5, 5.41) is 5.04. The number of nitrogens with zero attached hydrogens (tertiary/aromatic N) is 1. The molecule has 0 fully saturated rings. The number of hydrogen-bond donors (Lipinski definition) is 3. The molecule has 2 aromatic rings. The van der Waals surface area contributed by atoms with Crippen molar-refractivity contribution in [3.63, 3.8) is 0 Å². The van der Waals surface area contributed by atoms with Crippen LogP contribution in [0.15, 0.2) is 36.7 Å². The van der Waals surface area contributed by atoms with Crippen LogP contribution < -0.4 is 10.6 Å². The molecule has 6 nitrogen and oxygen atoms in total. The van der Waals surface area contributed by atoms with E-state index in [1.54, 1.807) is 24.3 Å². The van der Waals surface area contributed by atoms with E-state index in [2.05, 4.69) is 20.6 Å². The number of anilines is 1. The summed E-state index contributed by atoms with van der Waals surface area (Å²) in [5.41, 5.74) is 0.727. The Balaban J connectivity index is 2.18. The first-order valence-corrected chi connectivity index (χ1v) is 5.34. The molecule has 18 heavy (non-hydrogen) atoms. The Labute approximate surface area is 103 Å². The van der Waals surface area contributed by atoms with E-state index in [1.807, 2.05) is 6.07 Å². The lowest BCUT2D eigenvalue weighted by Crippen LogP contribution is -2.21. The van der Waals surface area contributed by atoms with E-state index < -0.39 is 0 Å². The molecule has 0 radical (unpaired) electrons. The zero-order valence-corrected chi connectivity index (χ0v) is 9.73. The molecule has 0 unspecified atom stereocenters. The second-order valence-corrected chi connectivity index (χ2v) is 3.53. The molecule has 0 saturated carbocycles. The van der Waals surface area contributed by atoms with E-state index in [0.29, 0.717) is 5.56 Å². The fourth-order valence-corrected chi connectivity index (χ4v) is 1.46. The van der Waals surface area contributed by atoms with E-state index in [-0.39, 0.29) is 23.3 Å². The third-order valence-electron chi connectivity index (χ3n) is 2.36. The highest BCUT2D eigenvalue weighted by molar-refractivity contribution is 6.07. The van der Waals surface area contributed by atoms with Crippen LogP contribution in [0, 0.1) is 0 Å². The van der Waals surface area contributed by atoms with Crippen LogP contribution in [0.5, 0.6) is 0 Å². The van der Waals surface area contributed by atoms with Gasteiger partial charge in [-0.05, 0) is 12.1 Å². The number of aromatic amines is 1. The highest BCUT2D eigenvalue weighted by Gasteiger charge is 2.15. The van der Waals surface area contributed by atoms with Gasteiger partial charge in [-0.1, -0.05) is 18.2 Å². The predicted molar refractivity (Wildman–Crippen MR) is 66.4 cm³/mol. The molecule has 1 heterocycles. The van der Waals surface area contributed by atoms with Gasteiger partial charge in [-0.15, -0.1) is 0 Å². The van der Waals surface area contributed by atoms with Gasteiger partial charge in [-0.3, -0.25) is 9.59 Å². The van der Waals surface area contributed by atoms with Gasteiger partial charge in [0.05, 0.1) is 6.33 Å². The molecule has 92 valence electrons. The molecule has 1 aromatic heterocycles. The minimum Gasteiger partial charge on any atom is -0.354 e. The van der Waals surface area contributed by atoms with Gasteiger partial charge in [0.25, 0.3) is 11.8 Å². The molecule has 2 rings (SSSR count). The summed E-state index contributed by atoms with van der Waals surface area (Å²) in [6, 6.07) is 8.71. The molecule has 2 amide bonds. The molecule has 0 aliphatic rings. The molecule has 0 spiro atoms. The second kappa shape index (κ2) is 5.13. The third kappa shape index (κ3) is 2.37. The summed E-state index contributed by atoms with van der Waals surface area (Å²) in [6.07, 6.45) is 1.35. The molecule has 0 atom stereocenters. The summed E-state index contributed by atoms with van der Waals surface area (Å²) in [6.45, 7) is 0. The Morgan fingerprint density at radius 2 is 1.89 bits per heavy atom. The lowest BCUT2D eigenvalue weighted by Gasteiger charge is -2.04. The summed E-state index contributed by atoms with van der Waals surface area (Å²) >= 11 is 0. The summed E-state index contributed by atoms with van der Waals surface area (Å²) in [4.78, 5) is 29.9. The average molecular weight is 244 g/mol. The van der Waals surface area contributed by atoms with Crippen LogP contribution in [0.4, 0.5) is 5.82 Å². The predicted octanol–water partition coefficient (Wildman–Crippen LogP) is 1.02. The minimum atomic E-state index is -0.337. The van der Waals surface area contributed by atoms with E-state index in [0.717, 1.165) is 0 Å². The Hall–Kier alpha value is -2.63. The van der Waals surface area contributed by atoms with Crippen molar-refractivity contribution in [3.8, 4) is 0 Å². The number of aromatic nitrogens is 2. The Kier molecular flexibility index (Phi) is 3.38. The molecule has 3 N–H and O–H groups in total. The third-order valence-corrected chi connectivity index (χ3v) is 2.36. The average Bonchev–Trinajstić information content (AvgIpc) is 2.87. The summed E-state index contributed by atoms with van der Waals surface area (Å²) in [5.74, 6) is -0.438. The van der Waals surface area contributed by atoms with E-state index in [4.69, 9.17) is 0 Å². The molecule has 0 bridgehead atoms. The van der Waals surface area contributed by atoms with Crippen molar-refractivity contribution < 1.29 is 9.59 Å². The molecule has 0 aliphatic carbocycles. The van der Waals surface area contributed by atoms with E-state index in [1.165, 1.54) is 13.4 Å². The quantitative estimate of drug-likeness (QED) is 0.753. The molecule has 1 aromatic carbocycles. The number of nitrogens with one attached hydrogen (secondary N) is 3. The lowest BCUT2D eigenvalue weighted by atomic mass is 10.2. The monoisotopic (exact) mass is 244 g/mol. The van der Waals surface area contributed by atoms with Crippen molar-refractivity contribution in [1.82, 2.24) is 15.3 Å². The van der Waals surface area contributed by atoms with Gasteiger partial charge in [-0.25, -0.2) is 4.98 Å². The van der Waals surface area contributed by atoms with Gasteiger partial charge in [0, 0.05) is 12.6 Å². The van der Waals surface area contributed by atoms with Crippen LogP contribution >= 0.6 is 0 Å². The van der Waals surface area contributed by atoms with Crippen LogP contribution in [0.25, 0.3) is 0 Å². The molecular weight excluding hydrogens is 232 g/mol. The Morgan fingerprint density at radius 3 is 2.56 bits per heavy atom. The summed E-state index contributed by atoms with van der Waals surface area (Å²) in [7, 11) is 1.51.